The predicted octanol–water partition coefficient (Wildman–Crippen LogP) is 3.40. The van der Waals surface area contributed by atoms with Gasteiger partial charge in [-0.2, -0.15) is 0 Å². The highest BCUT2D eigenvalue weighted by molar-refractivity contribution is 7.84. The van der Waals surface area contributed by atoms with Gasteiger partial charge in [-0.1, -0.05) is 16.4 Å². The Morgan fingerprint density at radius 3 is 2.43 bits per heavy atom. The van der Waals surface area contributed by atoms with E-state index in [1.165, 1.54) is 24.3 Å². The molecule has 14 heavy (non-hydrogen) atoms. The maximum absolute atomic E-state index is 11.1. The van der Waals surface area contributed by atoms with Crippen molar-refractivity contribution in [2.45, 2.75) is 0 Å². The van der Waals surface area contributed by atoms with Gasteiger partial charge in [-0.25, -0.2) is 9.36 Å². The molecule has 0 spiro atoms. The summed E-state index contributed by atoms with van der Waals surface area (Å²) in [5, 5.41) is 0.501. The molecule has 0 saturated heterocycles. The van der Waals surface area contributed by atoms with E-state index in [1.54, 1.807) is 0 Å². The highest BCUT2D eigenvalue weighted by Crippen LogP contribution is 2.53. The summed E-state index contributed by atoms with van der Waals surface area (Å²) in [4.78, 5) is 9.82. The summed E-state index contributed by atoms with van der Waals surface area (Å²) in [7, 11) is 0. The van der Waals surface area contributed by atoms with Gasteiger partial charge in [-0.15, -0.1) is 0 Å². The number of hydrogen-bond acceptors (Lipinski definition) is 3. The van der Waals surface area contributed by atoms with E-state index in [0.717, 1.165) is 6.08 Å². The zero-order valence-electron chi connectivity index (χ0n) is 6.68. The molecule has 0 amide bonds. The Morgan fingerprint density at radius 1 is 1.36 bits per heavy atom. The van der Waals surface area contributed by atoms with Gasteiger partial charge in [0.15, 0.2) is 0 Å². The third-order valence-corrected chi connectivity index (χ3v) is 2.63. The van der Waals surface area contributed by atoms with E-state index >= 15 is 0 Å². The third kappa shape index (κ3) is 3.52. The molecular weight excluding hydrogens is 248 g/mol. The summed E-state index contributed by atoms with van der Waals surface area (Å²) < 4.78 is 18.7. The van der Waals surface area contributed by atoms with Gasteiger partial charge in [0.1, 0.15) is 5.75 Å². The van der Waals surface area contributed by atoms with Gasteiger partial charge in [0.25, 0.3) is 0 Å². The molecule has 7 heteroatoms. The number of rotatable bonds is 3. The Labute approximate surface area is 89.8 Å². The SMILES string of the molecule is O=C=NP(=O)(Cl)Oc1ccc(Cl)cc1. The summed E-state index contributed by atoms with van der Waals surface area (Å²) in [6.07, 6.45) is 1.07. The van der Waals surface area contributed by atoms with E-state index in [4.69, 9.17) is 27.4 Å². The van der Waals surface area contributed by atoms with Crippen molar-refractivity contribution >= 4 is 35.8 Å². The lowest BCUT2D eigenvalue weighted by molar-refractivity contribution is 0.498. The quantitative estimate of drug-likeness (QED) is 0.470. The van der Waals surface area contributed by atoms with Crippen LogP contribution in [-0.2, 0) is 9.36 Å². The highest BCUT2D eigenvalue weighted by atomic mass is 35.7. The average Bonchev–Trinajstić information content (AvgIpc) is 2.08. The van der Waals surface area contributed by atoms with E-state index in [-0.39, 0.29) is 5.75 Å². The summed E-state index contributed by atoms with van der Waals surface area (Å²) in [5.41, 5.74) is 0. The van der Waals surface area contributed by atoms with Gasteiger partial charge in [0.2, 0.25) is 6.08 Å². The molecule has 74 valence electrons. The second-order valence-electron chi connectivity index (χ2n) is 2.19. The predicted molar refractivity (Wildman–Crippen MR) is 53.7 cm³/mol. The van der Waals surface area contributed by atoms with E-state index < -0.39 is 6.87 Å². The van der Waals surface area contributed by atoms with Gasteiger partial charge in [0.05, 0.1) is 0 Å². The van der Waals surface area contributed by atoms with Crippen LogP contribution in [0.2, 0.25) is 5.02 Å². The molecule has 1 rings (SSSR count). The largest absolute Gasteiger partial charge is 0.467 e. The standard InChI is InChI=1S/C7H4Cl2NO3P/c8-6-1-3-7(4-2-6)13-14(9,12)10-5-11/h1-4H. The number of hydrogen-bond donors (Lipinski definition) is 0. The van der Waals surface area contributed by atoms with Gasteiger partial charge in [-0.3, -0.25) is 0 Å². The number of carbonyl (C=O) groups excluding carboxylic acids is 1. The molecule has 0 N–H and O–H groups in total. The highest BCUT2D eigenvalue weighted by Gasteiger charge is 2.19. The third-order valence-electron chi connectivity index (χ3n) is 1.19. The molecule has 0 aliphatic rings. The Bertz CT molecular complexity index is 413. The fourth-order valence-electron chi connectivity index (χ4n) is 0.695. The molecule has 1 unspecified atom stereocenters. The topological polar surface area (TPSA) is 55.7 Å². The first-order valence-electron chi connectivity index (χ1n) is 3.38. The first kappa shape index (κ1) is 11.3. The van der Waals surface area contributed by atoms with E-state index in [2.05, 4.69) is 4.76 Å². The fraction of sp³-hybridized carbons (Fsp3) is 0. The van der Waals surface area contributed by atoms with E-state index in [9.17, 15) is 9.36 Å². The molecule has 0 radical (unpaired) electrons. The van der Waals surface area contributed by atoms with Crippen LogP contribution in [0.5, 0.6) is 5.75 Å². The summed E-state index contributed by atoms with van der Waals surface area (Å²) in [6.45, 7) is -3.80. The molecule has 1 aromatic rings. The van der Waals surface area contributed by atoms with Crippen LogP contribution in [0.4, 0.5) is 0 Å². The first-order valence-corrected chi connectivity index (χ1v) is 6.24. The van der Waals surface area contributed by atoms with Crippen LogP contribution in [0.25, 0.3) is 0 Å². The number of benzene rings is 1. The van der Waals surface area contributed by atoms with Gasteiger partial charge in [-0.05, 0) is 24.3 Å². The Balaban J connectivity index is 2.84. The molecule has 0 bridgehead atoms. The molecule has 4 nitrogen and oxygen atoms in total. The molecule has 1 atom stereocenters. The zero-order valence-corrected chi connectivity index (χ0v) is 9.09. The lowest BCUT2D eigenvalue weighted by atomic mass is 10.3. The lowest BCUT2D eigenvalue weighted by Crippen LogP contribution is -1.83. The molecule has 0 aromatic heterocycles. The van der Waals surface area contributed by atoms with Gasteiger partial charge < -0.3 is 4.52 Å². The van der Waals surface area contributed by atoms with Crippen molar-refractivity contribution in [1.29, 1.82) is 0 Å². The van der Waals surface area contributed by atoms with Crippen LogP contribution in [0, 0.1) is 0 Å². The van der Waals surface area contributed by atoms with Crippen LogP contribution in [0.1, 0.15) is 0 Å². The first-order chi connectivity index (χ1) is 6.53. The van der Waals surface area contributed by atoms with Gasteiger partial charge in [0, 0.05) is 16.3 Å². The van der Waals surface area contributed by atoms with Crippen LogP contribution < -0.4 is 4.52 Å². The summed E-state index contributed by atoms with van der Waals surface area (Å²) in [6, 6.07) is 5.96. The van der Waals surface area contributed by atoms with Crippen LogP contribution in [-0.4, -0.2) is 6.08 Å². The number of nitrogens with zero attached hydrogens (tertiary/aromatic N) is 1. The maximum Gasteiger partial charge on any atom is 0.467 e. The van der Waals surface area contributed by atoms with Gasteiger partial charge >= 0.3 is 6.87 Å². The molecular formula is C7H4Cl2NO3P. The zero-order chi connectivity index (χ0) is 10.6. The maximum atomic E-state index is 11.1. The molecule has 0 aliphatic carbocycles. The summed E-state index contributed by atoms with van der Waals surface area (Å²) in [5.74, 6) is 0.215. The average molecular weight is 252 g/mol. The van der Waals surface area contributed by atoms with Crippen molar-refractivity contribution in [3.05, 3.63) is 29.3 Å². The Hall–Kier alpha value is -0.790. The number of isocyanates is 1. The van der Waals surface area contributed by atoms with E-state index in [0.29, 0.717) is 5.02 Å². The molecule has 0 saturated carbocycles. The van der Waals surface area contributed by atoms with E-state index in [1.807, 2.05) is 0 Å². The second kappa shape index (κ2) is 4.63. The van der Waals surface area contributed by atoms with Crippen molar-refractivity contribution in [3.63, 3.8) is 0 Å². The minimum absolute atomic E-state index is 0.215. The van der Waals surface area contributed by atoms with Crippen LogP contribution in [0.3, 0.4) is 0 Å². The Morgan fingerprint density at radius 2 is 1.93 bits per heavy atom. The monoisotopic (exact) mass is 251 g/mol. The second-order valence-corrected chi connectivity index (χ2v) is 5.19. The Kier molecular flexibility index (Phi) is 3.73. The normalized spacial score (nSPS) is 13.9. The van der Waals surface area contributed by atoms with Crippen molar-refractivity contribution < 1.29 is 13.9 Å². The van der Waals surface area contributed by atoms with Crippen LogP contribution in [0.15, 0.2) is 29.0 Å². The van der Waals surface area contributed by atoms with Crippen molar-refractivity contribution in [2.24, 2.45) is 4.76 Å². The molecule has 0 heterocycles. The van der Waals surface area contributed by atoms with Crippen molar-refractivity contribution in [3.8, 4) is 5.75 Å². The fourth-order valence-corrected chi connectivity index (χ4v) is 1.67. The van der Waals surface area contributed by atoms with Crippen LogP contribution >= 0.6 is 29.7 Å². The van der Waals surface area contributed by atoms with Crippen molar-refractivity contribution in [2.75, 3.05) is 0 Å². The number of halogens is 2. The summed E-state index contributed by atoms with van der Waals surface area (Å²) >= 11 is 10.9. The minimum Gasteiger partial charge on any atom is -0.417 e. The minimum atomic E-state index is -3.80. The smallest absolute Gasteiger partial charge is 0.417 e. The van der Waals surface area contributed by atoms with Crippen molar-refractivity contribution in [1.82, 2.24) is 0 Å². The molecule has 1 aromatic carbocycles. The molecule has 0 fully saturated rings. The lowest BCUT2D eigenvalue weighted by Gasteiger charge is -2.05. The molecule has 0 aliphatic heterocycles.